The molecule has 0 saturated heterocycles. The molecule has 7 nitrogen and oxygen atoms in total. The standard InChI is InChI=1S/C12H22N6O/c1-3-5-10-16-11(8(2)12(17-10)18-14)15-7-4-6-9(13)19/h3-7,14H2,1-2H3,(H2,13,19)(H2,15,16,17,18). The molecule has 0 atom stereocenters. The van der Waals surface area contributed by atoms with Gasteiger partial charge < -0.3 is 16.5 Å². The van der Waals surface area contributed by atoms with Crippen LogP contribution in [-0.2, 0) is 11.2 Å². The van der Waals surface area contributed by atoms with Gasteiger partial charge in [-0.1, -0.05) is 6.92 Å². The predicted octanol–water partition coefficient (Wildman–Crippen LogP) is 0.701. The first kappa shape index (κ1) is 15.2. The number of aryl methyl sites for hydroxylation is 1. The van der Waals surface area contributed by atoms with Crippen molar-refractivity contribution >= 4 is 17.5 Å². The second kappa shape index (κ2) is 7.52. The third-order valence-electron chi connectivity index (χ3n) is 2.69. The van der Waals surface area contributed by atoms with E-state index in [9.17, 15) is 4.79 Å². The fourth-order valence-electron chi connectivity index (χ4n) is 1.68. The van der Waals surface area contributed by atoms with Crippen LogP contribution < -0.4 is 22.3 Å². The van der Waals surface area contributed by atoms with Gasteiger partial charge in [0.2, 0.25) is 5.91 Å². The van der Waals surface area contributed by atoms with Crippen LogP contribution in [0.2, 0.25) is 0 Å². The van der Waals surface area contributed by atoms with Crippen LogP contribution in [0, 0.1) is 6.92 Å². The molecule has 1 rings (SSSR count). The molecule has 6 N–H and O–H groups in total. The number of primary amides is 1. The summed E-state index contributed by atoms with van der Waals surface area (Å²) in [6, 6.07) is 0. The zero-order chi connectivity index (χ0) is 14.3. The van der Waals surface area contributed by atoms with Gasteiger partial charge in [-0.05, 0) is 19.8 Å². The van der Waals surface area contributed by atoms with Crippen LogP contribution in [-0.4, -0.2) is 22.4 Å². The average Bonchev–Trinajstić information content (AvgIpc) is 2.37. The number of carbonyl (C=O) groups is 1. The van der Waals surface area contributed by atoms with Crippen molar-refractivity contribution in [3.63, 3.8) is 0 Å². The summed E-state index contributed by atoms with van der Waals surface area (Å²) in [5.41, 5.74) is 8.53. The van der Waals surface area contributed by atoms with E-state index >= 15 is 0 Å². The van der Waals surface area contributed by atoms with Crippen molar-refractivity contribution in [2.45, 2.75) is 39.5 Å². The number of nitrogens with zero attached hydrogens (tertiary/aromatic N) is 2. The Kier molecular flexibility index (Phi) is 6.01. The first-order valence-corrected chi connectivity index (χ1v) is 6.44. The molecule has 0 aliphatic rings. The molecule has 0 bridgehead atoms. The van der Waals surface area contributed by atoms with Gasteiger partial charge >= 0.3 is 0 Å². The molecule has 19 heavy (non-hydrogen) atoms. The SMILES string of the molecule is CCCc1nc(NN)c(C)c(NCCCC(N)=O)n1. The highest BCUT2D eigenvalue weighted by atomic mass is 16.1. The van der Waals surface area contributed by atoms with Crippen molar-refractivity contribution < 1.29 is 4.79 Å². The zero-order valence-electron chi connectivity index (χ0n) is 11.5. The van der Waals surface area contributed by atoms with Crippen LogP contribution in [0.25, 0.3) is 0 Å². The molecule has 0 saturated carbocycles. The highest BCUT2D eigenvalue weighted by Crippen LogP contribution is 2.19. The van der Waals surface area contributed by atoms with Crippen LogP contribution in [0.1, 0.15) is 37.6 Å². The molecule has 0 aromatic carbocycles. The normalized spacial score (nSPS) is 10.3. The zero-order valence-corrected chi connectivity index (χ0v) is 11.5. The number of anilines is 2. The maximum absolute atomic E-state index is 10.7. The molecule has 0 radical (unpaired) electrons. The van der Waals surface area contributed by atoms with E-state index in [1.165, 1.54) is 0 Å². The first-order valence-electron chi connectivity index (χ1n) is 6.44. The molecular formula is C12H22N6O. The van der Waals surface area contributed by atoms with E-state index in [0.717, 1.165) is 30.0 Å². The summed E-state index contributed by atoms with van der Waals surface area (Å²) in [5.74, 6) is 7.27. The van der Waals surface area contributed by atoms with Crippen molar-refractivity contribution in [1.82, 2.24) is 9.97 Å². The molecule has 0 aliphatic carbocycles. The van der Waals surface area contributed by atoms with Crippen LogP contribution in [0.3, 0.4) is 0 Å². The monoisotopic (exact) mass is 266 g/mol. The van der Waals surface area contributed by atoms with E-state index in [1.807, 2.05) is 6.92 Å². The Hall–Kier alpha value is -1.89. The van der Waals surface area contributed by atoms with E-state index in [2.05, 4.69) is 27.6 Å². The summed E-state index contributed by atoms with van der Waals surface area (Å²) in [7, 11) is 0. The molecule has 0 fully saturated rings. The molecule has 106 valence electrons. The minimum atomic E-state index is -0.294. The Morgan fingerprint density at radius 3 is 2.58 bits per heavy atom. The maximum Gasteiger partial charge on any atom is 0.217 e. The molecule has 0 aliphatic heterocycles. The quantitative estimate of drug-likeness (QED) is 0.312. The van der Waals surface area contributed by atoms with Crippen LogP contribution in [0.5, 0.6) is 0 Å². The minimum Gasteiger partial charge on any atom is -0.370 e. The van der Waals surface area contributed by atoms with Gasteiger partial charge in [0, 0.05) is 24.9 Å². The maximum atomic E-state index is 10.7. The highest BCUT2D eigenvalue weighted by molar-refractivity contribution is 5.73. The Labute approximate surface area is 113 Å². The number of amides is 1. The Morgan fingerprint density at radius 1 is 1.32 bits per heavy atom. The Morgan fingerprint density at radius 2 is 2.00 bits per heavy atom. The van der Waals surface area contributed by atoms with Gasteiger partial charge in [-0.2, -0.15) is 0 Å². The molecule has 1 aromatic rings. The van der Waals surface area contributed by atoms with Crippen molar-refractivity contribution in [1.29, 1.82) is 0 Å². The fraction of sp³-hybridized carbons (Fsp3) is 0.583. The lowest BCUT2D eigenvalue weighted by Gasteiger charge is -2.13. The summed E-state index contributed by atoms with van der Waals surface area (Å²) in [6.07, 6.45) is 2.80. The summed E-state index contributed by atoms with van der Waals surface area (Å²) in [4.78, 5) is 19.4. The smallest absolute Gasteiger partial charge is 0.217 e. The van der Waals surface area contributed by atoms with Gasteiger partial charge in [0.25, 0.3) is 0 Å². The summed E-state index contributed by atoms with van der Waals surface area (Å²) in [5, 5.41) is 3.19. The highest BCUT2D eigenvalue weighted by Gasteiger charge is 2.09. The second-order valence-corrected chi connectivity index (χ2v) is 4.35. The summed E-state index contributed by atoms with van der Waals surface area (Å²) in [6.45, 7) is 4.59. The number of aromatic nitrogens is 2. The predicted molar refractivity (Wildman–Crippen MR) is 75.5 cm³/mol. The van der Waals surface area contributed by atoms with Crippen molar-refractivity contribution in [2.75, 3.05) is 17.3 Å². The molecule has 1 amide bonds. The molecule has 1 aromatic heterocycles. The third-order valence-corrected chi connectivity index (χ3v) is 2.69. The number of hydrazine groups is 1. The lowest BCUT2D eigenvalue weighted by molar-refractivity contribution is -0.118. The van der Waals surface area contributed by atoms with Crippen molar-refractivity contribution in [2.24, 2.45) is 11.6 Å². The lowest BCUT2D eigenvalue weighted by atomic mass is 10.2. The van der Waals surface area contributed by atoms with E-state index < -0.39 is 0 Å². The number of nitrogen functional groups attached to an aromatic ring is 1. The number of nitrogens with one attached hydrogen (secondary N) is 2. The summed E-state index contributed by atoms with van der Waals surface area (Å²) < 4.78 is 0. The first-order chi connectivity index (χ1) is 9.08. The van der Waals surface area contributed by atoms with Crippen LogP contribution >= 0.6 is 0 Å². The molecule has 7 heteroatoms. The minimum absolute atomic E-state index is 0.294. The molecule has 0 spiro atoms. The van der Waals surface area contributed by atoms with Gasteiger partial charge in [0.1, 0.15) is 17.5 Å². The lowest BCUT2D eigenvalue weighted by Crippen LogP contribution is -2.16. The van der Waals surface area contributed by atoms with Crippen molar-refractivity contribution in [3.05, 3.63) is 11.4 Å². The summed E-state index contributed by atoms with van der Waals surface area (Å²) >= 11 is 0. The number of carbonyl (C=O) groups excluding carboxylic acids is 1. The topological polar surface area (TPSA) is 119 Å². The third kappa shape index (κ3) is 4.70. The van der Waals surface area contributed by atoms with Gasteiger partial charge in [0.15, 0.2) is 0 Å². The Balaban J connectivity index is 2.74. The van der Waals surface area contributed by atoms with Gasteiger partial charge in [-0.25, -0.2) is 15.8 Å². The Bertz CT molecular complexity index is 434. The van der Waals surface area contributed by atoms with E-state index in [4.69, 9.17) is 11.6 Å². The van der Waals surface area contributed by atoms with Crippen LogP contribution in [0.4, 0.5) is 11.6 Å². The van der Waals surface area contributed by atoms with Gasteiger partial charge in [0.05, 0.1) is 0 Å². The van der Waals surface area contributed by atoms with E-state index in [0.29, 0.717) is 25.2 Å². The van der Waals surface area contributed by atoms with Crippen molar-refractivity contribution in [3.8, 4) is 0 Å². The van der Waals surface area contributed by atoms with Gasteiger partial charge in [-0.15, -0.1) is 0 Å². The number of rotatable bonds is 8. The van der Waals surface area contributed by atoms with Crippen LogP contribution in [0.15, 0.2) is 0 Å². The fourth-order valence-corrected chi connectivity index (χ4v) is 1.68. The number of nitrogens with two attached hydrogens (primary N) is 2. The van der Waals surface area contributed by atoms with E-state index in [1.54, 1.807) is 0 Å². The largest absolute Gasteiger partial charge is 0.370 e. The molecule has 0 unspecified atom stereocenters. The molecule has 1 heterocycles. The number of hydrogen-bond donors (Lipinski definition) is 4. The number of hydrogen-bond acceptors (Lipinski definition) is 6. The second-order valence-electron chi connectivity index (χ2n) is 4.35. The molecular weight excluding hydrogens is 244 g/mol. The van der Waals surface area contributed by atoms with E-state index in [-0.39, 0.29) is 5.91 Å². The average molecular weight is 266 g/mol. The van der Waals surface area contributed by atoms with Gasteiger partial charge in [-0.3, -0.25) is 4.79 Å².